The van der Waals surface area contributed by atoms with Crippen molar-refractivity contribution in [3.8, 4) is 0 Å². The van der Waals surface area contributed by atoms with E-state index in [0.29, 0.717) is 24.2 Å². The van der Waals surface area contributed by atoms with Crippen molar-refractivity contribution in [2.45, 2.75) is 44.1 Å². The Bertz CT molecular complexity index is 851. The summed E-state index contributed by atoms with van der Waals surface area (Å²) in [5.41, 5.74) is 0.310. The van der Waals surface area contributed by atoms with Crippen molar-refractivity contribution in [3.05, 3.63) is 29.8 Å². The lowest BCUT2D eigenvalue weighted by atomic mass is 9.81. The fraction of sp³-hybridized carbons (Fsp3) is 0.579. The number of carboxylic acid groups (broad SMARTS) is 1. The van der Waals surface area contributed by atoms with Crippen molar-refractivity contribution in [2.75, 3.05) is 18.4 Å². The molecule has 2 fully saturated rings. The molecule has 1 aromatic carbocycles. The number of carbonyl (C=O) groups is 2. The van der Waals surface area contributed by atoms with Gasteiger partial charge in [-0.3, -0.25) is 4.79 Å². The third-order valence-corrected chi connectivity index (χ3v) is 8.02. The standard InChI is InChI=1S/C19H26N2O5S/c1-13(2)27(25,26)11-14-5-3-7-16(9-14)20-18(24)21-10-15-6-4-8-19(15,12-21)17(22)23/h3,5,7,9,13,15H,4,6,8,10-12H2,1-2H3,(H,20,24)(H,22,23)/t15-,19+/m0/s1. The summed E-state index contributed by atoms with van der Waals surface area (Å²) in [7, 11) is -3.23. The van der Waals surface area contributed by atoms with E-state index in [2.05, 4.69) is 5.32 Å². The highest BCUT2D eigenvalue weighted by Gasteiger charge is 2.55. The number of sulfone groups is 1. The van der Waals surface area contributed by atoms with E-state index in [4.69, 9.17) is 0 Å². The van der Waals surface area contributed by atoms with Crippen LogP contribution >= 0.6 is 0 Å². The molecule has 0 radical (unpaired) electrons. The number of carbonyl (C=O) groups excluding carboxylic acids is 1. The molecule has 2 aliphatic rings. The molecule has 0 spiro atoms. The number of anilines is 1. The lowest BCUT2D eigenvalue weighted by Crippen LogP contribution is -2.38. The van der Waals surface area contributed by atoms with E-state index in [1.807, 2.05) is 0 Å². The average Bonchev–Trinajstić information content (AvgIpc) is 3.12. The van der Waals surface area contributed by atoms with E-state index in [9.17, 15) is 23.1 Å². The van der Waals surface area contributed by atoms with E-state index in [-0.39, 0.29) is 24.2 Å². The Morgan fingerprint density at radius 2 is 2.11 bits per heavy atom. The van der Waals surface area contributed by atoms with Crippen LogP contribution in [0.15, 0.2) is 24.3 Å². The van der Waals surface area contributed by atoms with Crippen LogP contribution in [-0.2, 0) is 20.4 Å². The van der Waals surface area contributed by atoms with E-state index in [0.717, 1.165) is 12.8 Å². The monoisotopic (exact) mass is 394 g/mol. The molecular formula is C19H26N2O5S. The van der Waals surface area contributed by atoms with Crippen molar-refractivity contribution < 1.29 is 23.1 Å². The summed E-state index contributed by atoms with van der Waals surface area (Å²) < 4.78 is 24.2. The number of fused-ring (bicyclic) bond motifs is 1. The van der Waals surface area contributed by atoms with Crippen LogP contribution in [0.1, 0.15) is 38.7 Å². The molecule has 2 atom stereocenters. The van der Waals surface area contributed by atoms with Gasteiger partial charge < -0.3 is 15.3 Å². The zero-order valence-electron chi connectivity index (χ0n) is 15.6. The van der Waals surface area contributed by atoms with Gasteiger partial charge in [0, 0.05) is 18.8 Å². The second-order valence-electron chi connectivity index (χ2n) is 7.92. The summed E-state index contributed by atoms with van der Waals surface area (Å²) in [6, 6.07) is 6.44. The molecule has 0 unspecified atom stereocenters. The number of rotatable bonds is 5. The number of likely N-dealkylation sites (tertiary alicyclic amines) is 1. The molecule has 8 heteroatoms. The first kappa shape index (κ1) is 19.7. The number of benzene rings is 1. The van der Waals surface area contributed by atoms with E-state index in [1.54, 1.807) is 43.0 Å². The summed E-state index contributed by atoms with van der Waals surface area (Å²) >= 11 is 0. The van der Waals surface area contributed by atoms with Gasteiger partial charge >= 0.3 is 12.0 Å². The Morgan fingerprint density at radius 3 is 2.74 bits per heavy atom. The molecule has 7 nitrogen and oxygen atoms in total. The van der Waals surface area contributed by atoms with Gasteiger partial charge in [0.25, 0.3) is 0 Å². The van der Waals surface area contributed by atoms with Gasteiger partial charge in [-0.15, -0.1) is 0 Å². The number of urea groups is 1. The number of nitrogens with one attached hydrogen (secondary N) is 1. The number of aliphatic carboxylic acids is 1. The maximum Gasteiger partial charge on any atom is 0.321 e. The van der Waals surface area contributed by atoms with Crippen LogP contribution in [0.4, 0.5) is 10.5 Å². The third kappa shape index (κ3) is 3.81. The Morgan fingerprint density at radius 1 is 1.37 bits per heavy atom. The Hall–Kier alpha value is -2.09. The van der Waals surface area contributed by atoms with Gasteiger partial charge in [-0.25, -0.2) is 13.2 Å². The number of carboxylic acids is 1. The molecule has 0 aromatic heterocycles. The molecule has 148 valence electrons. The molecule has 1 aliphatic carbocycles. The zero-order valence-corrected chi connectivity index (χ0v) is 16.5. The maximum atomic E-state index is 12.6. The number of amides is 2. The predicted octanol–water partition coefficient (Wildman–Crippen LogP) is 2.73. The Labute approximate surface area is 159 Å². The summed E-state index contributed by atoms with van der Waals surface area (Å²) in [6.45, 7) is 3.95. The van der Waals surface area contributed by atoms with Gasteiger partial charge in [-0.2, -0.15) is 0 Å². The van der Waals surface area contributed by atoms with Gasteiger partial charge in [0.2, 0.25) is 0 Å². The smallest absolute Gasteiger partial charge is 0.321 e. The highest BCUT2D eigenvalue weighted by Crippen LogP contribution is 2.48. The molecule has 1 saturated heterocycles. The minimum Gasteiger partial charge on any atom is -0.481 e. The number of hydrogen-bond donors (Lipinski definition) is 2. The van der Waals surface area contributed by atoms with Crippen molar-refractivity contribution >= 4 is 27.5 Å². The summed E-state index contributed by atoms with van der Waals surface area (Å²) in [4.78, 5) is 25.9. The summed E-state index contributed by atoms with van der Waals surface area (Å²) in [6.07, 6.45) is 2.33. The minimum absolute atomic E-state index is 0.00303. The first-order chi connectivity index (χ1) is 12.6. The summed E-state index contributed by atoms with van der Waals surface area (Å²) in [5, 5.41) is 12.0. The van der Waals surface area contributed by atoms with Crippen LogP contribution in [0.25, 0.3) is 0 Å². The molecule has 1 heterocycles. The van der Waals surface area contributed by atoms with Crippen molar-refractivity contribution in [1.29, 1.82) is 0 Å². The molecule has 1 saturated carbocycles. The van der Waals surface area contributed by atoms with Gasteiger partial charge in [-0.1, -0.05) is 18.6 Å². The molecule has 2 N–H and O–H groups in total. The third-order valence-electron chi connectivity index (χ3n) is 5.85. The quantitative estimate of drug-likeness (QED) is 0.799. The summed E-state index contributed by atoms with van der Waals surface area (Å²) in [5.74, 6) is -0.896. The number of nitrogens with zero attached hydrogens (tertiary/aromatic N) is 1. The molecule has 1 aromatic rings. The van der Waals surface area contributed by atoms with Crippen LogP contribution < -0.4 is 5.32 Å². The number of hydrogen-bond acceptors (Lipinski definition) is 4. The lowest BCUT2D eigenvalue weighted by molar-refractivity contribution is -0.149. The fourth-order valence-corrected chi connectivity index (χ4v) is 5.11. The molecular weight excluding hydrogens is 368 g/mol. The fourth-order valence-electron chi connectivity index (χ4n) is 4.13. The van der Waals surface area contributed by atoms with Crippen molar-refractivity contribution in [3.63, 3.8) is 0 Å². The highest BCUT2D eigenvalue weighted by molar-refractivity contribution is 7.91. The van der Waals surface area contributed by atoms with Gasteiger partial charge in [0.05, 0.1) is 16.4 Å². The maximum absolute atomic E-state index is 12.6. The topological polar surface area (TPSA) is 104 Å². The van der Waals surface area contributed by atoms with E-state index in [1.165, 1.54) is 0 Å². The van der Waals surface area contributed by atoms with Crippen molar-refractivity contribution in [2.24, 2.45) is 11.3 Å². The predicted molar refractivity (Wildman–Crippen MR) is 102 cm³/mol. The molecule has 3 rings (SSSR count). The van der Waals surface area contributed by atoms with Crippen LogP contribution in [0, 0.1) is 11.3 Å². The SMILES string of the molecule is CC(C)S(=O)(=O)Cc1cccc(NC(=O)N2C[C@@H]3CCC[C@@]3(C(=O)O)C2)c1. The largest absolute Gasteiger partial charge is 0.481 e. The molecule has 27 heavy (non-hydrogen) atoms. The second kappa shape index (κ2) is 7.14. The van der Waals surface area contributed by atoms with E-state index < -0.39 is 26.5 Å². The Kier molecular flexibility index (Phi) is 5.20. The molecule has 2 amide bonds. The second-order valence-corrected chi connectivity index (χ2v) is 10.5. The first-order valence-electron chi connectivity index (χ1n) is 9.24. The zero-order chi connectivity index (χ0) is 19.8. The van der Waals surface area contributed by atoms with Crippen molar-refractivity contribution in [1.82, 2.24) is 4.90 Å². The van der Waals surface area contributed by atoms with Gasteiger partial charge in [-0.05, 0) is 50.3 Å². The van der Waals surface area contributed by atoms with Crippen LogP contribution in [-0.4, -0.2) is 48.8 Å². The van der Waals surface area contributed by atoms with Crippen LogP contribution in [0.3, 0.4) is 0 Å². The highest BCUT2D eigenvalue weighted by atomic mass is 32.2. The van der Waals surface area contributed by atoms with E-state index >= 15 is 0 Å². The minimum atomic E-state index is -3.23. The van der Waals surface area contributed by atoms with Crippen LogP contribution in [0.5, 0.6) is 0 Å². The van der Waals surface area contributed by atoms with Crippen LogP contribution in [0.2, 0.25) is 0 Å². The first-order valence-corrected chi connectivity index (χ1v) is 11.0. The lowest BCUT2D eigenvalue weighted by Gasteiger charge is -2.23. The van der Waals surface area contributed by atoms with Gasteiger partial charge in [0.1, 0.15) is 0 Å². The Balaban J connectivity index is 1.69. The molecule has 1 aliphatic heterocycles. The van der Waals surface area contributed by atoms with Gasteiger partial charge in [0.15, 0.2) is 9.84 Å². The normalized spacial score (nSPS) is 24.9. The molecule has 0 bridgehead atoms. The average molecular weight is 394 g/mol.